The molecule has 0 amide bonds. The average molecular weight is 282 g/mol. The maximum Gasteiger partial charge on any atom is 0.302 e. The van der Waals surface area contributed by atoms with Gasteiger partial charge in [0.25, 0.3) is 0 Å². The van der Waals surface area contributed by atoms with E-state index in [0.717, 1.165) is 5.56 Å². The van der Waals surface area contributed by atoms with Crippen LogP contribution in [0.15, 0.2) is 60.7 Å². The molecule has 0 aromatic heterocycles. The molecule has 2 aromatic carbocycles. The van der Waals surface area contributed by atoms with Crippen molar-refractivity contribution in [1.82, 2.24) is 0 Å². The summed E-state index contributed by atoms with van der Waals surface area (Å²) in [5.74, 6) is -0.573. The highest BCUT2D eigenvalue weighted by molar-refractivity contribution is 6.00. The molecule has 0 radical (unpaired) electrons. The summed E-state index contributed by atoms with van der Waals surface area (Å²) in [5.41, 5.74) is 1.62. The van der Waals surface area contributed by atoms with Gasteiger partial charge >= 0.3 is 5.97 Å². The highest BCUT2D eigenvalue weighted by atomic mass is 16.5. The average Bonchev–Trinajstić information content (AvgIpc) is 2.52. The standard InChI is InChI=1S/C18H18O3/c1-14(19)21-13-12-17(15-8-4-2-5-9-15)18(20)16-10-6-3-7-11-16/h2-11,17H,12-13H2,1H3/t17-/m1/s1. The molecule has 108 valence electrons. The Kier molecular flexibility index (Phi) is 5.27. The van der Waals surface area contributed by atoms with E-state index in [4.69, 9.17) is 4.74 Å². The molecular formula is C18H18O3. The molecule has 3 nitrogen and oxygen atoms in total. The number of benzene rings is 2. The molecule has 2 aromatic rings. The molecule has 0 heterocycles. The smallest absolute Gasteiger partial charge is 0.302 e. The molecule has 0 aliphatic rings. The van der Waals surface area contributed by atoms with Gasteiger partial charge in [-0.3, -0.25) is 9.59 Å². The lowest BCUT2D eigenvalue weighted by atomic mass is 9.88. The quantitative estimate of drug-likeness (QED) is 0.600. The summed E-state index contributed by atoms with van der Waals surface area (Å²) < 4.78 is 4.99. The highest BCUT2D eigenvalue weighted by Crippen LogP contribution is 2.24. The Hall–Kier alpha value is -2.42. The molecule has 21 heavy (non-hydrogen) atoms. The lowest BCUT2D eigenvalue weighted by molar-refractivity contribution is -0.141. The zero-order chi connectivity index (χ0) is 15.1. The first-order chi connectivity index (χ1) is 10.2. The fourth-order valence-electron chi connectivity index (χ4n) is 2.26. The largest absolute Gasteiger partial charge is 0.466 e. The Balaban J connectivity index is 2.19. The maximum atomic E-state index is 12.7. The van der Waals surface area contributed by atoms with Gasteiger partial charge in [0.1, 0.15) is 0 Å². The Morgan fingerprint density at radius 2 is 1.52 bits per heavy atom. The number of hydrogen-bond donors (Lipinski definition) is 0. The summed E-state index contributed by atoms with van der Waals surface area (Å²) in [6.45, 7) is 1.62. The van der Waals surface area contributed by atoms with Crippen LogP contribution in [-0.2, 0) is 9.53 Å². The van der Waals surface area contributed by atoms with Crippen LogP contribution in [0.5, 0.6) is 0 Å². The summed E-state index contributed by atoms with van der Waals surface area (Å²) in [6.07, 6.45) is 0.483. The van der Waals surface area contributed by atoms with Crippen molar-refractivity contribution >= 4 is 11.8 Å². The van der Waals surface area contributed by atoms with Crippen molar-refractivity contribution in [3.8, 4) is 0 Å². The van der Waals surface area contributed by atoms with Crippen LogP contribution in [0.1, 0.15) is 35.2 Å². The van der Waals surface area contributed by atoms with E-state index in [1.165, 1.54) is 6.92 Å². The third kappa shape index (κ3) is 4.28. The van der Waals surface area contributed by atoms with Crippen LogP contribution in [-0.4, -0.2) is 18.4 Å². The Morgan fingerprint density at radius 3 is 2.10 bits per heavy atom. The first-order valence-corrected chi connectivity index (χ1v) is 6.96. The molecule has 0 N–H and O–H groups in total. The Morgan fingerprint density at radius 1 is 0.952 bits per heavy atom. The number of ketones is 1. The van der Waals surface area contributed by atoms with E-state index in [0.29, 0.717) is 12.0 Å². The lowest BCUT2D eigenvalue weighted by Crippen LogP contribution is -2.16. The van der Waals surface area contributed by atoms with Gasteiger partial charge in [-0.15, -0.1) is 0 Å². The number of rotatable bonds is 6. The first-order valence-electron chi connectivity index (χ1n) is 6.96. The van der Waals surface area contributed by atoms with Gasteiger partial charge in [-0.2, -0.15) is 0 Å². The molecule has 0 fully saturated rings. The molecule has 0 bridgehead atoms. The monoisotopic (exact) mass is 282 g/mol. The second kappa shape index (κ2) is 7.39. The molecule has 0 saturated carbocycles. The van der Waals surface area contributed by atoms with Gasteiger partial charge in [-0.25, -0.2) is 0 Å². The minimum atomic E-state index is -0.325. The number of carbonyl (C=O) groups is 2. The van der Waals surface area contributed by atoms with Crippen LogP contribution in [0.4, 0.5) is 0 Å². The maximum absolute atomic E-state index is 12.7. The molecule has 0 aliphatic carbocycles. The second-order valence-corrected chi connectivity index (χ2v) is 4.82. The van der Waals surface area contributed by atoms with Gasteiger partial charge in [0.15, 0.2) is 5.78 Å². The van der Waals surface area contributed by atoms with Crippen molar-refractivity contribution in [2.75, 3.05) is 6.61 Å². The minimum Gasteiger partial charge on any atom is -0.466 e. The van der Waals surface area contributed by atoms with Gasteiger partial charge in [0.2, 0.25) is 0 Å². The van der Waals surface area contributed by atoms with E-state index in [9.17, 15) is 9.59 Å². The molecule has 0 spiro atoms. The zero-order valence-electron chi connectivity index (χ0n) is 12.0. The minimum absolute atomic E-state index is 0.0500. The van der Waals surface area contributed by atoms with Gasteiger partial charge in [0.05, 0.1) is 12.5 Å². The van der Waals surface area contributed by atoms with Crippen molar-refractivity contribution in [1.29, 1.82) is 0 Å². The SMILES string of the molecule is CC(=O)OCC[C@@H](C(=O)c1ccccc1)c1ccccc1. The van der Waals surface area contributed by atoms with E-state index in [2.05, 4.69) is 0 Å². The third-order valence-electron chi connectivity index (χ3n) is 3.29. The van der Waals surface area contributed by atoms with Crippen molar-refractivity contribution in [2.24, 2.45) is 0 Å². The van der Waals surface area contributed by atoms with Crippen LogP contribution in [0.25, 0.3) is 0 Å². The van der Waals surface area contributed by atoms with Gasteiger partial charge in [0, 0.05) is 12.5 Å². The fourth-order valence-corrected chi connectivity index (χ4v) is 2.26. The molecule has 3 heteroatoms. The van der Waals surface area contributed by atoms with Crippen LogP contribution < -0.4 is 0 Å². The fraction of sp³-hybridized carbons (Fsp3) is 0.222. The van der Waals surface area contributed by atoms with Gasteiger partial charge < -0.3 is 4.74 Å². The molecular weight excluding hydrogens is 264 g/mol. The lowest BCUT2D eigenvalue weighted by Gasteiger charge is -2.16. The van der Waals surface area contributed by atoms with Crippen molar-refractivity contribution in [3.05, 3.63) is 71.8 Å². The van der Waals surface area contributed by atoms with Crippen molar-refractivity contribution in [2.45, 2.75) is 19.3 Å². The summed E-state index contributed by atoms with van der Waals surface area (Å²) >= 11 is 0. The molecule has 0 saturated heterocycles. The van der Waals surface area contributed by atoms with E-state index in [1.54, 1.807) is 0 Å². The van der Waals surface area contributed by atoms with Crippen LogP contribution in [0.2, 0.25) is 0 Å². The summed E-state index contributed by atoms with van der Waals surface area (Å²) in [6, 6.07) is 18.8. The summed E-state index contributed by atoms with van der Waals surface area (Å²) in [5, 5.41) is 0. The van der Waals surface area contributed by atoms with E-state index >= 15 is 0 Å². The molecule has 1 atom stereocenters. The molecule has 0 aliphatic heterocycles. The van der Waals surface area contributed by atoms with Crippen LogP contribution in [0, 0.1) is 0 Å². The second-order valence-electron chi connectivity index (χ2n) is 4.82. The normalized spacial score (nSPS) is 11.7. The number of carbonyl (C=O) groups excluding carboxylic acids is 2. The zero-order valence-corrected chi connectivity index (χ0v) is 12.0. The Bertz CT molecular complexity index is 590. The number of hydrogen-bond acceptors (Lipinski definition) is 3. The van der Waals surface area contributed by atoms with Gasteiger partial charge in [-0.05, 0) is 12.0 Å². The number of esters is 1. The van der Waals surface area contributed by atoms with Crippen LogP contribution in [0.3, 0.4) is 0 Å². The predicted molar refractivity (Wildman–Crippen MR) is 81.2 cm³/mol. The van der Waals surface area contributed by atoms with Crippen molar-refractivity contribution in [3.63, 3.8) is 0 Å². The topological polar surface area (TPSA) is 43.4 Å². The number of ether oxygens (including phenoxy) is 1. The first kappa shape index (κ1) is 15.0. The predicted octanol–water partition coefficient (Wildman–Crippen LogP) is 3.61. The van der Waals surface area contributed by atoms with Crippen molar-refractivity contribution < 1.29 is 14.3 Å². The third-order valence-corrected chi connectivity index (χ3v) is 3.29. The number of Topliss-reactive ketones (excluding diaryl/α,β-unsaturated/α-hetero) is 1. The van der Waals surface area contributed by atoms with E-state index < -0.39 is 0 Å². The molecule has 0 unspecified atom stereocenters. The van der Waals surface area contributed by atoms with Gasteiger partial charge in [-0.1, -0.05) is 60.7 Å². The Labute approximate surface area is 124 Å². The summed E-state index contributed by atoms with van der Waals surface area (Å²) in [7, 11) is 0. The van der Waals surface area contributed by atoms with Crippen LogP contribution >= 0.6 is 0 Å². The molecule has 2 rings (SSSR count). The highest BCUT2D eigenvalue weighted by Gasteiger charge is 2.21. The summed E-state index contributed by atoms with van der Waals surface area (Å²) in [4.78, 5) is 23.6. The van der Waals surface area contributed by atoms with E-state index in [1.807, 2.05) is 60.7 Å². The van der Waals surface area contributed by atoms with E-state index in [-0.39, 0.29) is 24.3 Å².